The summed E-state index contributed by atoms with van der Waals surface area (Å²) in [5.41, 5.74) is 4.80. The monoisotopic (exact) mass is 341 g/mol. The molecule has 0 bridgehead atoms. The summed E-state index contributed by atoms with van der Waals surface area (Å²) in [6.07, 6.45) is 2.80. The minimum atomic E-state index is -0.750. The van der Waals surface area contributed by atoms with E-state index in [2.05, 4.69) is 21.3 Å². The Balaban J connectivity index is 1.56. The van der Waals surface area contributed by atoms with E-state index in [1.165, 1.54) is 17.1 Å². The molecule has 0 spiro atoms. The predicted molar refractivity (Wildman–Crippen MR) is 86.8 cm³/mol. The summed E-state index contributed by atoms with van der Waals surface area (Å²) in [6.45, 7) is 0.169. The Morgan fingerprint density at radius 3 is 2.64 bits per heavy atom. The normalized spacial score (nSPS) is 10.2. The van der Waals surface area contributed by atoms with E-state index in [0.29, 0.717) is 11.4 Å². The van der Waals surface area contributed by atoms with Gasteiger partial charge in [-0.15, -0.1) is 0 Å². The number of para-hydroxylation sites is 1. The molecule has 3 rings (SSSR count). The average molecular weight is 341 g/mol. The standard InChI is InChI=1S/C16H15N5O4/c22-13-10-21(11-5-2-1-3-6-11)20-14(13)15(23)18-19-16(24)17-9-12-7-4-8-25-12/h1-8,10,22H,9H2,(H,18,23)(H2,17,19,24). The SMILES string of the molecule is O=C(NCc1ccco1)NNC(=O)c1nn(-c2ccccc2)cc1O. The van der Waals surface area contributed by atoms with E-state index in [1.54, 1.807) is 36.4 Å². The molecule has 0 atom stereocenters. The second kappa shape index (κ2) is 7.21. The van der Waals surface area contributed by atoms with Crippen LogP contribution in [0.1, 0.15) is 16.2 Å². The van der Waals surface area contributed by atoms with Crippen molar-refractivity contribution < 1.29 is 19.1 Å². The summed E-state index contributed by atoms with van der Waals surface area (Å²) in [7, 11) is 0. The third-order valence-corrected chi connectivity index (χ3v) is 3.22. The largest absolute Gasteiger partial charge is 0.504 e. The molecular weight excluding hydrogens is 326 g/mol. The van der Waals surface area contributed by atoms with E-state index in [-0.39, 0.29) is 18.0 Å². The second-order valence-corrected chi connectivity index (χ2v) is 4.98. The van der Waals surface area contributed by atoms with Gasteiger partial charge >= 0.3 is 6.03 Å². The molecule has 3 aromatic rings. The van der Waals surface area contributed by atoms with Crippen LogP contribution in [0, 0.1) is 0 Å². The van der Waals surface area contributed by atoms with Crippen LogP contribution in [-0.4, -0.2) is 26.8 Å². The van der Waals surface area contributed by atoms with Gasteiger partial charge in [0.25, 0.3) is 5.91 Å². The number of carbonyl (C=O) groups is 2. The van der Waals surface area contributed by atoms with Crippen molar-refractivity contribution in [3.8, 4) is 11.4 Å². The maximum Gasteiger partial charge on any atom is 0.333 e. The number of hydrogen-bond acceptors (Lipinski definition) is 5. The molecule has 0 saturated carbocycles. The molecule has 25 heavy (non-hydrogen) atoms. The lowest BCUT2D eigenvalue weighted by molar-refractivity contribution is 0.0928. The highest BCUT2D eigenvalue weighted by atomic mass is 16.3. The van der Waals surface area contributed by atoms with Gasteiger partial charge in [-0.3, -0.25) is 10.2 Å². The molecule has 0 fully saturated rings. The van der Waals surface area contributed by atoms with Crippen molar-refractivity contribution in [2.75, 3.05) is 0 Å². The molecule has 3 amide bonds. The number of carbonyl (C=O) groups excluding carboxylic acids is 2. The number of amides is 3. The minimum Gasteiger partial charge on any atom is -0.504 e. The number of hydrogen-bond donors (Lipinski definition) is 4. The molecule has 9 nitrogen and oxygen atoms in total. The zero-order valence-electron chi connectivity index (χ0n) is 13.0. The highest BCUT2D eigenvalue weighted by Gasteiger charge is 2.17. The first-order chi connectivity index (χ1) is 12.1. The fourth-order valence-electron chi connectivity index (χ4n) is 2.04. The molecule has 0 radical (unpaired) electrons. The van der Waals surface area contributed by atoms with E-state index in [9.17, 15) is 14.7 Å². The van der Waals surface area contributed by atoms with Crippen LogP contribution < -0.4 is 16.2 Å². The lowest BCUT2D eigenvalue weighted by Gasteiger charge is -2.07. The van der Waals surface area contributed by atoms with Crippen molar-refractivity contribution in [2.24, 2.45) is 0 Å². The zero-order valence-corrected chi connectivity index (χ0v) is 13.0. The molecule has 1 aromatic carbocycles. The average Bonchev–Trinajstić information content (AvgIpc) is 3.28. The number of nitrogens with zero attached hydrogens (tertiary/aromatic N) is 2. The molecule has 0 aliphatic carbocycles. The number of benzene rings is 1. The highest BCUT2D eigenvalue weighted by Crippen LogP contribution is 2.17. The summed E-state index contributed by atoms with van der Waals surface area (Å²) in [5, 5.41) is 16.4. The van der Waals surface area contributed by atoms with E-state index < -0.39 is 11.9 Å². The van der Waals surface area contributed by atoms with Gasteiger partial charge in [-0.25, -0.2) is 14.9 Å². The first-order valence-corrected chi connectivity index (χ1v) is 7.34. The Morgan fingerprint density at radius 2 is 1.92 bits per heavy atom. The third-order valence-electron chi connectivity index (χ3n) is 3.22. The van der Waals surface area contributed by atoms with E-state index in [1.807, 2.05) is 6.07 Å². The summed E-state index contributed by atoms with van der Waals surface area (Å²) < 4.78 is 6.43. The van der Waals surface area contributed by atoms with Crippen LogP contribution >= 0.6 is 0 Å². The number of aromatic hydroxyl groups is 1. The fraction of sp³-hybridized carbons (Fsp3) is 0.0625. The number of furan rings is 1. The van der Waals surface area contributed by atoms with Crippen molar-refractivity contribution >= 4 is 11.9 Å². The van der Waals surface area contributed by atoms with Gasteiger partial charge in [0.2, 0.25) is 0 Å². The Morgan fingerprint density at radius 1 is 1.12 bits per heavy atom. The van der Waals surface area contributed by atoms with Crippen molar-refractivity contribution in [1.29, 1.82) is 0 Å². The molecule has 0 unspecified atom stereocenters. The maximum absolute atomic E-state index is 12.0. The maximum atomic E-state index is 12.0. The van der Waals surface area contributed by atoms with Gasteiger partial charge in [0.15, 0.2) is 11.4 Å². The van der Waals surface area contributed by atoms with Gasteiger partial charge in [0.05, 0.1) is 24.7 Å². The topological polar surface area (TPSA) is 121 Å². The van der Waals surface area contributed by atoms with Gasteiger partial charge in [0.1, 0.15) is 5.76 Å². The van der Waals surface area contributed by atoms with E-state index >= 15 is 0 Å². The number of urea groups is 1. The quantitative estimate of drug-likeness (QED) is 0.533. The van der Waals surface area contributed by atoms with Crippen LogP contribution in [0.2, 0.25) is 0 Å². The Kier molecular flexibility index (Phi) is 4.65. The molecule has 2 heterocycles. The van der Waals surface area contributed by atoms with Crippen LogP contribution in [0.5, 0.6) is 5.75 Å². The number of aromatic nitrogens is 2. The molecule has 2 aromatic heterocycles. The van der Waals surface area contributed by atoms with E-state index in [0.717, 1.165) is 0 Å². The third kappa shape index (κ3) is 3.96. The van der Waals surface area contributed by atoms with E-state index in [4.69, 9.17) is 4.42 Å². The van der Waals surface area contributed by atoms with Gasteiger partial charge in [-0.1, -0.05) is 18.2 Å². The Bertz CT molecular complexity index is 858. The summed E-state index contributed by atoms with van der Waals surface area (Å²) >= 11 is 0. The molecule has 4 N–H and O–H groups in total. The van der Waals surface area contributed by atoms with Crippen molar-refractivity contribution in [2.45, 2.75) is 6.54 Å². The Hall–Kier alpha value is -3.75. The summed E-state index contributed by atoms with van der Waals surface area (Å²) in [4.78, 5) is 23.7. The second-order valence-electron chi connectivity index (χ2n) is 4.98. The van der Waals surface area contributed by atoms with Crippen LogP contribution in [0.3, 0.4) is 0 Å². The smallest absolute Gasteiger partial charge is 0.333 e. The van der Waals surface area contributed by atoms with Crippen LogP contribution in [0.25, 0.3) is 5.69 Å². The van der Waals surface area contributed by atoms with Gasteiger partial charge in [0, 0.05) is 0 Å². The van der Waals surface area contributed by atoms with Gasteiger partial charge < -0.3 is 14.8 Å². The molecule has 0 saturated heterocycles. The van der Waals surface area contributed by atoms with Crippen molar-refractivity contribution in [3.05, 3.63) is 66.4 Å². The fourth-order valence-corrected chi connectivity index (χ4v) is 2.04. The van der Waals surface area contributed by atoms with Crippen molar-refractivity contribution in [1.82, 2.24) is 25.9 Å². The molecule has 0 aliphatic rings. The highest BCUT2D eigenvalue weighted by molar-refractivity contribution is 5.95. The summed E-state index contributed by atoms with van der Waals surface area (Å²) in [6, 6.07) is 11.8. The molecule has 0 aliphatic heterocycles. The molecular formula is C16H15N5O4. The van der Waals surface area contributed by atoms with Crippen LogP contribution in [0.15, 0.2) is 59.3 Å². The zero-order chi connectivity index (χ0) is 17.6. The Labute approximate surface area is 142 Å². The number of rotatable bonds is 4. The van der Waals surface area contributed by atoms with Crippen molar-refractivity contribution in [3.63, 3.8) is 0 Å². The van der Waals surface area contributed by atoms with Crippen LogP contribution in [0.4, 0.5) is 4.79 Å². The first-order valence-electron chi connectivity index (χ1n) is 7.34. The summed E-state index contributed by atoms with van der Waals surface area (Å²) in [5.74, 6) is -0.486. The lowest BCUT2D eigenvalue weighted by atomic mass is 10.3. The molecule has 128 valence electrons. The number of hydrazine groups is 1. The minimum absolute atomic E-state index is 0.169. The van der Waals surface area contributed by atoms with Crippen LogP contribution in [-0.2, 0) is 6.54 Å². The lowest BCUT2D eigenvalue weighted by Crippen LogP contribution is -2.46. The molecule has 9 heteroatoms. The predicted octanol–water partition coefficient (Wildman–Crippen LogP) is 1.32. The number of nitrogens with one attached hydrogen (secondary N) is 3. The van der Waals surface area contributed by atoms with Gasteiger partial charge in [-0.05, 0) is 24.3 Å². The first kappa shape index (κ1) is 16.1. The van der Waals surface area contributed by atoms with Gasteiger partial charge in [-0.2, -0.15) is 5.10 Å².